The summed E-state index contributed by atoms with van der Waals surface area (Å²) in [6.07, 6.45) is -4.87. The van der Waals surface area contributed by atoms with E-state index in [-0.39, 0.29) is 5.56 Å². The summed E-state index contributed by atoms with van der Waals surface area (Å²) in [5, 5.41) is 8.84. The number of carboxylic acid groups (broad SMARTS) is 1. The minimum absolute atomic E-state index is 0.0499. The largest absolute Gasteiger partial charge is 0.481 e. The molecule has 2 rings (SSSR count). The molecule has 8 heteroatoms. The lowest BCUT2D eigenvalue weighted by molar-refractivity contribution is -0.140. The topological polar surface area (TPSA) is 37.3 Å². The Bertz CT molecular complexity index is 542. The van der Waals surface area contributed by atoms with Crippen molar-refractivity contribution < 1.29 is 27.5 Å². The first kappa shape index (κ1) is 14.4. The van der Waals surface area contributed by atoms with E-state index in [4.69, 9.17) is 28.3 Å². The minimum atomic E-state index is -4.87. The highest BCUT2D eigenvalue weighted by Gasteiger charge is 2.68. The van der Waals surface area contributed by atoms with E-state index in [1.807, 2.05) is 0 Å². The average molecular weight is 317 g/mol. The predicted molar refractivity (Wildman–Crippen MR) is 59.7 cm³/mol. The molecule has 2 atom stereocenters. The molecule has 1 saturated carbocycles. The summed E-state index contributed by atoms with van der Waals surface area (Å²) in [7, 11) is 0. The van der Waals surface area contributed by atoms with E-state index in [1.165, 1.54) is 0 Å². The van der Waals surface area contributed by atoms with Crippen LogP contribution in [0.4, 0.5) is 17.6 Å². The number of halogens is 6. The molecule has 1 N–H and O–H groups in total. The number of alkyl halides is 5. The van der Waals surface area contributed by atoms with Crippen molar-refractivity contribution in [3.05, 3.63) is 35.1 Å². The Morgan fingerprint density at radius 2 is 1.89 bits per heavy atom. The molecule has 0 aromatic heterocycles. The average Bonchev–Trinajstić information content (AvgIpc) is 2.80. The van der Waals surface area contributed by atoms with Gasteiger partial charge in [-0.3, -0.25) is 4.79 Å². The summed E-state index contributed by atoms with van der Waals surface area (Å²) in [5.41, 5.74) is -1.52. The molecule has 1 aliphatic carbocycles. The van der Waals surface area contributed by atoms with Gasteiger partial charge >= 0.3 is 12.1 Å². The molecule has 104 valence electrons. The molecule has 0 bridgehead atoms. The van der Waals surface area contributed by atoms with Gasteiger partial charge in [0.05, 0.1) is 11.5 Å². The quantitative estimate of drug-likeness (QED) is 0.665. The van der Waals surface area contributed by atoms with E-state index in [0.29, 0.717) is 12.1 Å². The lowest BCUT2D eigenvalue weighted by atomic mass is 10.0. The molecule has 1 aromatic carbocycles. The van der Waals surface area contributed by atoms with Crippen molar-refractivity contribution in [1.82, 2.24) is 0 Å². The Kier molecular flexibility index (Phi) is 3.22. The number of rotatable bonds is 2. The van der Waals surface area contributed by atoms with Gasteiger partial charge in [-0.1, -0.05) is 29.3 Å². The Hall–Kier alpha value is -1.01. The van der Waals surface area contributed by atoms with Crippen LogP contribution in [0.15, 0.2) is 18.2 Å². The van der Waals surface area contributed by atoms with Crippen LogP contribution in [0, 0.1) is 11.7 Å². The van der Waals surface area contributed by atoms with Gasteiger partial charge in [-0.15, -0.1) is 0 Å². The van der Waals surface area contributed by atoms with E-state index in [9.17, 15) is 22.4 Å². The maximum atomic E-state index is 13.1. The van der Waals surface area contributed by atoms with Gasteiger partial charge in [-0.05, 0) is 17.7 Å². The first-order valence-electron chi connectivity index (χ1n) is 5.04. The normalized spacial score (nSPS) is 25.2. The number of benzene rings is 1. The molecule has 1 aromatic rings. The van der Waals surface area contributed by atoms with Crippen LogP contribution >= 0.6 is 23.2 Å². The third kappa shape index (κ3) is 2.39. The second-order valence-electron chi connectivity index (χ2n) is 4.21. The van der Waals surface area contributed by atoms with E-state index in [1.54, 1.807) is 0 Å². The fourth-order valence-corrected chi connectivity index (χ4v) is 2.82. The number of hydrogen-bond donors (Lipinski definition) is 1. The second kappa shape index (κ2) is 4.24. The molecule has 0 amide bonds. The lowest BCUT2D eigenvalue weighted by Gasteiger charge is -2.10. The SMILES string of the molecule is O=C(O)C1C(c2ccc(F)c(C(F)(F)F)c2)C1(Cl)Cl. The minimum Gasteiger partial charge on any atom is -0.481 e. The summed E-state index contributed by atoms with van der Waals surface area (Å²) in [5.74, 6) is -4.94. The lowest BCUT2D eigenvalue weighted by Crippen LogP contribution is -2.09. The van der Waals surface area contributed by atoms with E-state index in [2.05, 4.69) is 0 Å². The standard InChI is InChI=1S/C11H6Cl2F4O2/c12-10(13)7(8(10)9(18)19)4-1-2-6(14)5(3-4)11(15,16)17/h1-3,7-8H,(H,18,19). The van der Waals surface area contributed by atoms with E-state index < -0.39 is 39.7 Å². The van der Waals surface area contributed by atoms with Gasteiger partial charge in [0.25, 0.3) is 0 Å². The Labute approximate surface area is 114 Å². The monoisotopic (exact) mass is 316 g/mol. The molecule has 0 aliphatic heterocycles. The van der Waals surface area contributed by atoms with Crippen LogP contribution in [0.25, 0.3) is 0 Å². The first-order chi connectivity index (χ1) is 8.56. The third-order valence-electron chi connectivity index (χ3n) is 2.97. The highest BCUT2D eigenvalue weighted by molar-refractivity contribution is 6.53. The molecule has 19 heavy (non-hydrogen) atoms. The van der Waals surface area contributed by atoms with Crippen molar-refractivity contribution in [1.29, 1.82) is 0 Å². The molecular formula is C11H6Cl2F4O2. The van der Waals surface area contributed by atoms with Crippen LogP contribution < -0.4 is 0 Å². The van der Waals surface area contributed by atoms with Gasteiger partial charge in [0.1, 0.15) is 10.2 Å². The van der Waals surface area contributed by atoms with Gasteiger partial charge in [-0.25, -0.2) is 4.39 Å². The van der Waals surface area contributed by atoms with Gasteiger partial charge in [0.15, 0.2) is 0 Å². The number of aliphatic carboxylic acids is 1. The van der Waals surface area contributed by atoms with Crippen LogP contribution in [0.2, 0.25) is 0 Å². The maximum absolute atomic E-state index is 13.1. The van der Waals surface area contributed by atoms with Crippen molar-refractivity contribution >= 4 is 29.2 Å². The molecule has 2 nitrogen and oxygen atoms in total. The van der Waals surface area contributed by atoms with Crippen molar-refractivity contribution in [2.45, 2.75) is 16.4 Å². The van der Waals surface area contributed by atoms with E-state index in [0.717, 1.165) is 6.07 Å². The molecule has 0 saturated heterocycles. The summed E-state index contributed by atoms with van der Waals surface area (Å²) < 4.78 is 49.0. The molecular weight excluding hydrogens is 311 g/mol. The van der Waals surface area contributed by atoms with Crippen molar-refractivity contribution in [2.75, 3.05) is 0 Å². The number of hydrogen-bond acceptors (Lipinski definition) is 1. The zero-order valence-electron chi connectivity index (χ0n) is 9.01. The molecule has 1 aliphatic rings. The predicted octanol–water partition coefficient (Wildman–Crippen LogP) is 3.82. The van der Waals surface area contributed by atoms with Gasteiger partial charge in [-0.2, -0.15) is 13.2 Å². The molecule has 1 fully saturated rings. The van der Waals surface area contributed by atoms with Gasteiger partial charge in [0.2, 0.25) is 0 Å². The van der Waals surface area contributed by atoms with E-state index >= 15 is 0 Å². The molecule has 0 radical (unpaired) electrons. The number of carbonyl (C=O) groups is 1. The first-order valence-corrected chi connectivity index (χ1v) is 5.79. The fraction of sp³-hybridized carbons (Fsp3) is 0.364. The summed E-state index contributed by atoms with van der Waals surface area (Å²) in [6.45, 7) is 0. The van der Waals surface area contributed by atoms with Gasteiger partial charge < -0.3 is 5.11 Å². The van der Waals surface area contributed by atoms with Crippen LogP contribution in [0.3, 0.4) is 0 Å². The molecule has 2 unspecified atom stereocenters. The Morgan fingerprint density at radius 1 is 1.32 bits per heavy atom. The molecule has 0 heterocycles. The summed E-state index contributed by atoms with van der Waals surface area (Å²) in [4.78, 5) is 10.8. The zero-order valence-corrected chi connectivity index (χ0v) is 10.5. The number of carboxylic acids is 1. The van der Waals surface area contributed by atoms with Crippen LogP contribution in [-0.4, -0.2) is 15.4 Å². The zero-order chi connectivity index (χ0) is 14.6. The maximum Gasteiger partial charge on any atom is 0.419 e. The van der Waals surface area contributed by atoms with Crippen LogP contribution in [0.5, 0.6) is 0 Å². The highest BCUT2D eigenvalue weighted by atomic mass is 35.5. The summed E-state index contributed by atoms with van der Waals surface area (Å²) >= 11 is 11.4. The van der Waals surface area contributed by atoms with Crippen molar-refractivity contribution in [3.8, 4) is 0 Å². The highest BCUT2D eigenvalue weighted by Crippen LogP contribution is 2.65. The second-order valence-corrected chi connectivity index (χ2v) is 5.65. The summed E-state index contributed by atoms with van der Waals surface area (Å²) in [6, 6.07) is 2.22. The smallest absolute Gasteiger partial charge is 0.419 e. The Morgan fingerprint density at radius 3 is 2.32 bits per heavy atom. The fourth-order valence-electron chi connectivity index (χ4n) is 2.00. The van der Waals surface area contributed by atoms with Crippen molar-refractivity contribution in [2.24, 2.45) is 5.92 Å². The molecule has 0 spiro atoms. The van der Waals surface area contributed by atoms with Gasteiger partial charge in [0, 0.05) is 5.92 Å². The van der Waals surface area contributed by atoms with Crippen molar-refractivity contribution in [3.63, 3.8) is 0 Å². The van der Waals surface area contributed by atoms with Crippen LogP contribution in [0.1, 0.15) is 17.0 Å². The third-order valence-corrected chi connectivity index (χ3v) is 3.91. The van der Waals surface area contributed by atoms with Crippen LogP contribution in [-0.2, 0) is 11.0 Å². The Balaban J connectivity index is 2.42.